The van der Waals surface area contributed by atoms with E-state index in [1.54, 1.807) is 13.1 Å². The van der Waals surface area contributed by atoms with Crippen LogP contribution in [0.25, 0.3) is 0 Å². The maximum Gasteiger partial charge on any atom is 0.387 e. The van der Waals surface area contributed by atoms with Gasteiger partial charge in [-0.2, -0.15) is 8.78 Å². The smallest absolute Gasteiger partial charge is 0.387 e. The number of fused-ring (bicyclic) bond motifs is 1. The molecule has 0 spiro atoms. The van der Waals surface area contributed by atoms with Gasteiger partial charge in [0.25, 0.3) is 0 Å². The van der Waals surface area contributed by atoms with Crippen LogP contribution in [0.5, 0.6) is 17.2 Å². The second kappa shape index (κ2) is 10.1. The predicted molar refractivity (Wildman–Crippen MR) is 110 cm³/mol. The first-order chi connectivity index (χ1) is 14.4. The molecule has 9 heteroatoms. The summed E-state index contributed by atoms with van der Waals surface area (Å²) in [5.41, 5.74) is 2.85. The summed E-state index contributed by atoms with van der Waals surface area (Å²) in [6.45, 7) is -1.20. The minimum absolute atomic E-state index is 0.0358. The molecule has 0 radical (unpaired) electrons. The van der Waals surface area contributed by atoms with Crippen molar-refractivity contribution in [2.75, 3.05) is 27.9 Å². The Balaban J connectivity index is 1.59. The van der Waals surface area contributed by atoms with Crippen LogP contribution in [-0.2, 0) is 19.6 Å². The highest BCUT2D eigenvalue weighted by Gasteiger charge is 2.20. The van der Waals surface area contributed by atoms with Crippen LogP contribution in [0.15, 0.2) is 41.4 Å². The highest BCUT2D eigenvalue weighted by atomic mass is 19.3. The highest BCUT2D eigenvalue weighted by Crippen LogP contribution is 2.38. The van der Waals surface area contributed by atoms with Crippen molar-refractivity contribution in [2.24, 2.45) is 4.99 Å². The van der Waals surface area contributed by atoms with Gasteiger partial charge in [-0.25, -0.2) is 0 Å². The van der Waals surface area contributed by atoms with Crippen LogP contribution in [0.2, 0.25) is 0 Å². The molecular weight excluding hydrogens is 394 g/mol. The Bertz CT molecular complexity index is 873. The van der Waals surface area contributed by atoms with E-state index in [1.165, 1.54) is 11.6 Å². The first-order valence-electron chi connectivity index (χ1n) is 9.49. The number of halogens is 2. The van der Waals surface area contributed by atoms with Crippen LogP contribution in [0.1, 0.15) is 16.7 Å². The first kappa shape index (κ1) is 21.6. The second-order valence-electron chi connectivity index (χ2n) is 7.03. The molecule has 30 heavy (non-hydrogen) atoms. The van der Waals surface area contributed by atoms with Gasteiger partial charge in [0.2, 0.25) is 6.79 Å². The number of guanidine groups is 1. The maximum atomic E-state index is 12.8. The highest BCUT2D eigenvalue weighted by molar-refractivity contribution is 5.79. The van der Waals surface area contributed by atoms with Crippen LogP contribution in [0.3, 0.4) is 0 Å². The Morgan fingerprint density at radius 2 is 1.70 bits per heavy atom. The monoisotopic (exact) mass is 420 g/mol. The fraction of sp³-hybridized carbons (Fsp3) is 0.381. The molecule has 2 N–H and O–H groups in total. The van der Waals surface area contributed by atoms with Gasteiger partial charge in [-0.1, -0.05) is 24.3 Å². The summed E-state index contributed by atoms with van der Waals surface area (Å²) in [5, 5.41) is 6.32. The lowest BCUT2D eigenvalue weighted by Crippen LogP contribution is -2.36. The van der Waals surface area contributed by atoms with Crippen LogP contribution < -0.4 is 24.8 Å². The van der Waals surface area contributed by atoms with E-state index < -0.39 is 6.61 Å². The summed E-state index contributed by atoms with van der Waals surface area (Å²) in [7, 11) is 5.71. The lowest BCUT2D eigenvalue weighted by Gasteiger charge is -2.15. The van der Waals surface area contributed by atoms with E-state index in [1.807, 2.05) is 14.1 Å². The van der Waals surface area contributed by atoms with E-state index in [4.69, 9.17) is 9.47 Å². The molecule has 2 aromatic carbocycles. The number of benzene rings is 2. The number of rotatable bonds is 8. The Morgan fingerprint density at radius 1 is 1.07 bits per heavy atom. The van der Waals surface area contributed by atoms with Crippen molar-refractivity contribution in [3.8, 4) is 17.2 Å². The number of aliphatic imine (C=N–C) groups is 1. The van der Waals surface area contributed by atoms with Gasteiger partial charge in [0.1, 0.15) is 5.75 Å². The summed E-state index contributed by atoms with van der Waals surface area (Å²) in [5.74, 6) is 1.45. The maximum absolute atomic E-state index is 12.8. The molecule has 162 valence electrons. The van der Waals surface area contributed by atoms with Crippen molar-refractivity contribution in [1.29, 1.82) is 0 Å². The quantitative estimate of drug-likeness (QED) is 0.506. The molecule has 0 fully saturated rings. The van der Waals surface area contributed by atoms with Gasteiger partial charge >= 0.3 is 6.61 Å². The summed E-state index contributed by atoms with van der Waals surface area (Å²) >= 11 is 0. The average molecular weight is 420 g/mol. The average Bonchev–Trinajstić information content (AvgIpc) is 3.15. The molecule has 0 saturated heterocycles. The molecule has 1 heterocycles. The zero-order chi connectivity index (χ0) is 21.5. The van der Waals surface area contributed by atoms with E-state index >= 15 is 0 Å². The topological polar surface area (TPSA) is 67.4 Å². The third kappa shape index (κ3) is 5.96. The largest absolute Gasteiger partial charge is 0.454 e. The fourth-order valence-corrected chi connectivity index (χ4v) is 3.02. The Hall–Kier alpha value is -3.07. The van der Waals surface area contributed by atoms with E-state index in [0.717, 1.165) is 12.1 Å². The van der Waals surface area contributed by atoms with Gasteiger partial charge in [-0.05, 0) is 31.3 Å². The number of hydrogen-bond donors (Lipinski definition) is 2. The molecule has 1 aliphatic heterocycles. The molecule has 0 atom stereocenters. The third-order valence-corrected chi connectivity index (χ3v) is 4.42. The summed E-state index contributed by atoms with van der Waals surface area (Å²) in [6, 6.07) is 11.3. The van der Waals surface area contributed by atoms with Gasteiger partial charge in [0.05, 0.1) is 0 Å². The van der Waals surface area contributed by atoms with Crippen molar-refractivity contribution in [3.63, 3.8) is 0 Å². The molecule has 0 aliphatic carbocycles. The van der Waals surface area contributed by atoms with Crippen LogP contribution >= 0.6 is 0 Å². The van der Waals surface area contributed by atoms with Gasteiger partial charge in [0, 0.05) is 38.3 Å². The Labute approximate surface area is 174 Å². The molecule has 3 rings (SSSR count). The normalized spacial score (nSPS) is 13.1. The van der Waals surface area contributed by atoms with Crippen molar-refractivity contribution in [3.05, 3.63) is 53.1 Å². The number of alkyl halides is 2. The standard InChI is InChI=1S/C21H26F2N4O3/c1-24-21(25-10-14-4-6-15(7-5-14)12-27(2)3)26-11-16-8-18-19(29-13-28-18)9-17(16)30-20(22)23/h4-9,20H,10-13H2,1-3H3,(H2,24,25,26). The van der Waals surface area contributed by atoms with E-state index in [9.17, 15) is 8.78 Å². The molecule has 2 aromatic rings. The lowest BCUT2D eigenvalue weighted by molar-refractivity contribution is -0.0505. The van der Waals surface area contributed by atoms with Gasteiger partial charge in [0.15, 0.2) is 17.5 Å². The van der Waals surface area contributed by atoms with Gasteiger partial charge < -0.3 is 29.7 Å². The minimum Gasteiger partial charge on any atom is -0.454 e. The Morgan fingerprint density at radius 3 is 2.33 bits per heavy atom. The predicted octanol–water partition coefficient (Wildman–Crippen LogP) is 2.94. The van der Waals surface area contributed by atoms with E-state index in [0.29, 0.717) is 29.6 Å². The van der Waals surface area contributed by atoms with Gasteiger partial charge in [-0.3, -0.25) is 4.99 Å². The fourth-order valence-electron chi connectivity index (χ4n) is 3.02. The van der Waals surface area contributed by atoms with E-state index in [2.05, 4.69) is 49.5 Å². The number of nitrogens with one attached hydrogen (secondary N) is 2. The summed E-state index contributed by atoms with van der Waals surface area (Å²) < 4.78 is 40.7. The van der Waals surface area contributed by atoms with E-state index in [-0.39, 0.29) is 19.1 Å². The third-order valence-electron chi connectivity index (χ3n) is 4.42. The van der Waals surface area contributed by atoms with Crippen molar-refractivity contribution >= 4 is 5.96 Å². The number of hydrogen-bond acceptors (Lipinski definition) is 5. The molecule has 0 saturated carbocycles. The Kier molecular flexibility index (Phi) is 7.29. The summed E-state index contributed by atoms with van der Waals surface area (Å²) in [4.78, 5) is 6.29. The SMILES string of the molecule is CN=C(NCc1ccc(CN(C)C)cc1)NCc1cc2c(cc1OC(F)F)OCO2. The number of ether oxygens (including phenoxy) is 3. The molecule has 0 bridgehead atoms. The molecule has 0 unspecified atom stereocenters. The van der Waals surface area contributed by atoms with Gasteiger partial charge in [-0.15, -0.1) is 0 Å². The molecule has 7 nitrogen and oxygen atoms in total. The molecule has 1 aliphatic rings. The molecule has 0 amide bonds. The first-order valence-corrected chi connectivity index (χ1v) is 9.49. The van der Waals surface area contributed by atoms with Crippen LogP contribution in [0, 0.1) is 0 Å². The lowest BCUT2D eigenvalue weighted by atomic mass is 10.1. The molecule has 0 aromatic heterocycles. The number of nitrogens with zero attached hydrogens (tertiary/aromatic N) is 2. The van der Waals surface area contributed by atoms with Crippen molar-refractivity contribution < 1.29 is 23.0 Å². The second-order valence-corrected chi connectivity index (χ2v) is 7.03. The zero-order valence-corrected chi connectivity index (χ0v) is 17.2. The van der Waals surface area contributed by atoms with Crippen molar-refractivity contribution in [2.45, 2.75) is 26.2 Å². The van der Waals surface area contributed by atoms with Crippen LogP contribution in [0.4, 0.5) is 8.78 Å². The molecular formula is C21H26F2N4O3. The van der Waals surface area contributed by atoms with Crippen molar-refractivity contribution in [1.82, 2.24) is 15.5 Å². The van der Waals surface area contributed by atoms with Crippen LogP contribution in [-0.4, -0.2) is 45.4 Å². The minimum atomic E-state index is -2.93. The summed E-state index contributed by atoms with van der Waals surface area (Å²) in [6.07, 6.45) is 0. The zero-order valence-electron chi connectivity index (χ0n) is 17.2.